The Bertz CT molecular complexity index is 1390. The predicted molar refractivity (Wildman–Crippen MR) is 123 cm³/mol. The highest BCUT2D eigenvalue weighted by molar-refractivity contribution is 5.95. The fourth-order valence-corrected chi connectivity index (χ4v) is 3.23. The lowest BCUT2D eigenvalue weighted by atomic mass is 10.1. The zero-order chi connectivity index (χ0) is 24.5. The summed E-state index contributed by atoms with van der Waals surface area (Å²) in [4.78, 5) is 31.8. The van der Waals surface area contributed by atoms with Gasteiger partial charge in [-0.1, -0.05) is 6.07 Å². The maximum Gasteiger partial charge on any atom is 0.335 e. The van der Waals surface area contributed by atoms with Gasteiger partial charge in [0.2, 0.25) is 11.8 Å². The number of carboxylic acids is 1. The topological polar surface area (TPSA) is 119 Å². The average molecular weight is 463 g/mol. The monoisotopic (exact) mass is 463 g/mol. The molecule has 4 rings (SSSR count). The van der Waals surface area contributed by atoms with Crippen molar-refractivity contribution in [2.24, 2.45) is 0 Å². The number of hydrogen-bond donors (Lipinski definition) is 2. The van der Waals surface area contributed by atoms with Crippen LogP contribution in [-0.4, -0.2) is 36.7 Å². The van der Waals surface area contributed by atoms with E-state index in [1.807, 2.05) is 20.8 Å². The summed E-state index contributed by atoms with van der Waals surface area (Å²) in [6.07, 6.45) is 4.35. The molecule has 2 heterocycles. The zero-order valence-corrected chi connectivity index (χ0v) is 18.7. The molecule has 0 radical (unpaired) electrons. The van der Waals surface area contributed by atoms with Crippen LogP contribution in [0.25, 0.3) is 10.9 Å². The molecule has 4 aromatic rings. The predicted octanol–water partition coefficient (Wildman–Crippen LogP) is 4.39. The molecule has 0 bridgehead atoms. The number of carboxylic acid groups (broad SMARTS) is 1. The molecular weight excluding hydrogens is 441 g/mol. The van der Waals surface area contributed by atoms with Crippen LogP contribution in [0.2, 0.25) is 0 Å². The molecule has 0 spiro atoms. The molecule has 9 nitrogen and oxygen atoms in total. The van der Waals surface area contributed by atoms with E-state index in [9.17, 15) is 19.1 Å². The first-order chi connectivity index (χ1) is 16.1. The summed E-state index contributed by atoms with van der Waals surface area (Å²) in [5.74, 6) is -1.87. The Hall–Kier alpha value is -4.34. The Kier molecular flexibility index (Phi) is 5.97. The molecule has 0 unspecified atom stereocenters. The van der Waals surface area contributed by atoms with E-state index >= 15 is 0 Å². The first-order valence-corrected chi connectivity index (χ1v) is 10.4. The molecule has 0 saturated heterocycles. The van der Waals surface area contributed by atoms with Crippen LogP contribution >= 0.6 is 0 Å². The summed E-state index contributed by atoms with van der Waals surface area (Å²) in [5.41, 5.74) is 1.02. The summed E-state index contributed by atoms with van der Waals surface area (Å²) in [6, 6.07) is 8.47. The maximum atomic E-state index is 14.7. The molecule has 2 aromatic heterocycles. The SMILES string of the molecule is CC(C)(C)n1cc(NC(=O)Cc2ccc(Oc3ncnc4ccc(C(=O)O)cc34)cc2F)cn1. The molecule has 174 valence electrons. The van der Waals surface area contributed by atoms with E-state index in [4.69, 9.17) is 4.74 Å². The number of ether oxygens (including phenoxy) is 1. The lowest BCUT2D eigenvalue weighted by Crippen LogP contribution is -2.22. The molecule has 10 heteroatoms. The Labute approximate surface area is 194 Å². The first-order valence-electron chi connectivity index (χ1n) is 10.4. The van der Waals surface area contributed by atoms with Gasteiger partial charge in [0.15, 0.2) is 0 Å². The molecule has 0 fully saturated rings. The second-order valence-corrected chi connectivity index (χ2v) is 8.64. The standard InChI is InChI=1S/C24H22FN5O4/c1-24(2,3)30-12-16(11-28-30)29-21(31)9-14-4-6-17(10-19(14)25)34-22-18-8-15(23(32)33)5-7-20(18)26-13-27-22/h4-8,10-13H,9H2,1-3H3,(H,29,31)(H,32,33). The number of carbonyl (C=O) groups excluding carboxylic acids is 1. The van der Waals surface area contributed by atoms with Gasteiger partial charge in [0.05, 0.1) is 40.3 Å². The number of benzene rings is 2. The van der Waals surface area contributed by atoms with Gasteiger partial charge in [-0.15, -0.1) is 0 Å². The van der Waals surface area contributed by atoms with Crippen LogP contribution in [0.4, 0.5) is 10.1 Å². The van der Waals surface area contributed by atoms with Crippen LogP contribution in [0.15, 0.2) is 55.1 Å². The summed E-state index contributed by atoms with van der Waals surface area (Å²) >= 11 is 0. The minimum atomic E-state index is -1.10. The van der Waals surface area contributed by atoms with Gasteiger partial charge in [-0.3, -0.25) is 9.48 Å². The van der Waals surface area contributed by atoms with Crippen molar-refractivity contribution in [3.8, 4) is 11.6 Å². The second kappa shape index (κ2) is 8.89. The summed E-state index contributed by atoms with van der Waals surface area (Å²) < 4.78 is 22.1. The third-order valence-electron chi connectivity index (χ3n) is 4.99. The summed E-state index contributed by atoms with van der Waals surface area (Å²) in [5, 5.41) is 16.5. The molecule has 0 atom stereocenters. The number of fused-ring (bicyclic) bond motifs is 1. The van der Waals surface area contributed by atoms with Gasteiger partial charge in [0.25, 0.3) is 0 Å². The van der Waals surface area contributed by atoms with Gasteiger partial charge in [-0.2, -0.15) is 5.10 Å². The van der Waals surface area contributed by atoms with Crippen molar-refractivity contribution >= 4 is 28.5 Å². The van der Waals surface area contributed by atoms with Gasteiger partial charge in [-0.05, 0) is 50.6 Å². The van der Waals surface area contributed by atoms with E-state index in [1.165, 1.54) is 36.8 Å². The minimum Gasteiger partial charge on any atom is -0.478 e. The van der Waals surface area contributed by atoms with Crippen molar-refractivity contribution in [3.63, 3.8) is 0 Å². The fraction of sp³-hybridized carbons (Fsp3) is 0.208. The molecule has 1 amide bonds. The number of carbonyl (C=O) groups is 2. The van der Waals surface area contributed by atoms with Gasteiger partial charge in [-0.25, -0.2) is 19.2 Å². The van der Waals surface area contributed by atoms with Crippen molar-refractivity contribution in [3.05, 3.63) is 72.1 Å². The van der Waals surface area contributed by atoms with Crippen LogP contribution in [0, 0.1) is 5.82 Å². The van der Waals surface area contributed by atoms with Gasteiger partial charge in [0.1, 0.15) is 17.9 Å². The van der Waals surface area contributed by atoms with E-state index in [0.717, 1.165) is 6.07 Å². The largest absolute Gasteiger partial charge is 0.478 e. The summed E-state index contributed by atoms with van der Waals surface area (Å²) in [7, 11) is 0. The quantitative estimate of drug-likeness (QED) is 0.435. The Balaban J connectivity index is 1.48. The van der Waals surface area contributed by atoms with E-state index in [-0.39, 0.29) is 40.6 Å². The maximum absolute atomic E-state index is 14.7. The second-order valence-electron chi connectivity index (χ2n) is 8.64. The lowest BCUT2D eigenvalue weighted by Gasteiger charge is -2.18. The van der Waals surface area contributed by atoms with Crippen molar-refractivity contribution in [1.82, 2.24) is 19.7 Å². The van der Waals surface area contributed by atoms with Crippen LogP contribution in [0.1, 0.15) is 36.7 Å². The van der Waals surface area contributed by atoms with Crippen molar-refractivity contribution in [2.75, 3.05) is 5.32 Å². The van der Waals surface area contributed by atoms with E-state index in [1.54, 1.807) is 16.9 Å². The molecule has 0 saturated carbocycles. The highest BCUT2D eigenvalue weighted by atomic mass is 19.1. The van der Waals surface area contributed by atoms with Crippen LogP contribution in [0.5, 0.6) is 11.6 Å². The van der Waals surface area contributed by atoms with E-state index in [0.29, 0.717) is 16.6 Å². The highest BCUT2D eigenvalue weighted by Crippen LogP contribution is 2.28. The third kappa shape index (κ3) is 5.01. The Morgan fingerprint density at radius 2 is 1.94 bits per heavy atom. The van der Waals surface area contributed by atoms with Crippen molar-refractivity contribution < 1.29 is 23.8 Å². The zero-order valence-electron chi connectivity index (χ0n) is 18.7. The molecular formula is C24H22FN5O4. The van der Waals surface area contributed by atoms with Gasteiger partial charge in [0, 0.05) is 12.3 Å². The normalized spacial score (nSPS) is 11.4. The molecule has 0 aliphatic carbocycles. The Morgan fingerprint density at radius 1 is 1.15 bits per heavy atom. The first kappa shape index (κ1) is 22.8. The number of amides is 1. The molecule has 34 heavy (non-hydrogen) atoms. The van der Waals surface area contributed by atoms with Crippen molar-refractivity contribution in [2.45, 2.75) is 32.7 Å². The number of nitrogens with zero attached hydrogens (tertiary/aromatic N) is 4. The van der Waals surface area contributed by atoms with E-state index in [2.05, 4.69) is 20.4 Å². The molecule has 0 aliphatic heterocycles. The smallest absolute Gasteiger partial charge is 0.335 e. The van der Waals surface area contributed by atoms with Gasteiger partial charge < -0.3 is 15.2 Å². The molecule has 2 aromatic carbocycles. The number of aromatic carboxylic acids is 1. The minimum absolute atomic E-state index is 0.0488. The van der Waals surface area contributed by atoms with Gasteiger partial charge >= 0.3 is 5.97 Å². The number of rotatable bonds is 6. The third-order valence-corrected chi connectivity index (χ3v) is 4.99. The Morgan fingerprint density at radius 3 is 2.62 bits per heavy atom. The number of anilines is 1. The van der Waals surface area contributed by atoms with Crippen molar-refractivity contribution in [1.29, 1.82) is 0 Å². The van der Waals surface area contributed by atoms with Crippen LogP contribution < -0.4 is 10.1 Å². The average Bonchev–Trinajstić information content (AvgIpc) is 3.24. The summed E-state index contributed by atoms with van der Waals surface area (Å²) in [6.45, 7) is 5.96. The van der Waals surface area contributed by atoms with Crippen LogP contribution in [-0.2, 0) is 16.8 Å². The fourth-order valence-electron chi connectivity index (χ4n) is 3.23. The number of aromatic nitrogens is 4. The highest BCUT2D eigenvalue weighted by Gasteiger charge is 2.16. The lowest BCUT2D eigenvalue weighted by molar-refractivity contribution is -0.115. The molecule has 0 aliphatic rings. The number of hydrogen-bond acceptors (Lipinski definition) is 6. The number of halogens is 1. The number of nitrogens with one attached hydrogen (secondary N) is 1. The van der Waals surface area contributed by atoms with Crippen LogP contribution in [0.3, 0.4) is 0 Å². The van der Waals surface area contributed by atoms with E-state index < -0.39 is 11.8 Å². The molecule has 2 N–H and O–H groups in total.